The van der Waals surface area contributed by atoms with Crippen molar-refractivity contribution < 1.29 is 1.43 Å². The highest BCUT2D eigenvalue weighted by atomic mass is 15.0. The Bertz CT molecular complexity index is 173. The van der Waals surface area contributed by atoms with E-state index in [0.717, 1.165) is 17.9 Å². The zero-order chi connectivity index (χ0) is 8.77. The highest BCUT2D eigenvalue weighted by Gasteiger charge is 2.43. The molecular formula is C11H23N. The van der Waals surface area contributed by atoms with Crippen molar-refractivity contribution >= 4 is 0 Å². The molecule has 0 radical (unpaired) electrons. The van der Waals surface area contributed by atoms with Crippen molar-refractivity contribution in [2.24, 2.45) is 17.3 Å². The van der Waals surface area contributed by atoms with Crippen LogP contribution in [0.2, 0.25) is 0 Å². The smallest absolute Gasteiger partial charge is 0.0147 e. The largest absolute Gasteiger partial charge is 0.313 e. The molecule has 2 rings (SSSR count). The van der Waals surface area contributed by atoms with E-state index in [0.29, 0.717) is 5.41 Å². The van der Waals surface area contributed by atoms with Gasteiger partial charge >= 0.3 is 0 Å². The van der Waals surface area contributed by atoms with Gasteiger partial charge in [0.2, 0.25) is 0 Å². The quantitative estimate of drug-likeness (QED) is 0.588. The van der Waals surface area contributed by atoms with E-state index >= 15 is 0 Å². The van der Waals surface area contributed by atoms with Crippen LogP contribution in [0.4, 0.5) is 0 Å². The van der Waals surface area contributed by atoms with E-state index in [9.17, 15) is 0 Å². The van der Waals surface area contributed by atoms with Gasteiger partial charge in [0.1, 0.15) is 0 Å². The molecule has 1 heteroatoms. The van der Waals surface area contributed by atoms with Gasteiger partial charge < -0.3 is 5.32 Å². The molecule has 72 valence electrons. The first-order valence-corrected chi connectivity index (χ1v) is 5.32. The van der Waals surface area contributed by atoms with Gasteiger partial charge in [0.15, 0.2) is 0 Å². The first-order chi connectivity index (χ1) is 5.59. The molecule has 1 saturated carbocycles. The highest BCUT2D eigenvalue weighted by molar-refractivity contribution is 4.98. The van der Waals surface area contributed by atoms with E-state index in [1.54, 1.807) is 0 Å². The fourth-order valence-corrected chi connectivity index (χ4v) is 3.14. The van der Waals surface area contributed by atoms with Crippen molar-refractivity contribution in [3.63, 3.8) is 0 Å². The molecule has 1 saturated heterocycles. The fraction of sp³-hybridized carbons (Fsp3) is 1.00. The predicted octanol–water partition coefficient (Wildman–Crippen LogP) is 2.67. The lowest BCUT2D eigenvalue weighted by Gasteiger charge is -2.31. The summed E-state index contributed by atoms with van der Waals surface area (Å²) in [6.45, 7) is 8.38. The van der Waals surface area contributed by atoms with Crippen LogP contribution in [-0.4, -0.2) is 12.6 Å². The average molecular weight is 169 g/mol. The third kappa shape index (κ3) is 1.28. The molecule has 0 aromatic carbocycles. The molecule has 1 N–H and O–H groups in total. The molecule has 0 aromatic heterocycles. The van der Waals surface area contributed by atoms with Crippen molar-refractivity contribution in [2.45, 2.75) is 46.1 Å². The lowest BCUT2D eigenvalue weighted by molar-refractivity contribution is 0.230. The Morgan fingerprint density at radius 3 is 2.67 bits per heavy atom. The first-order valence-electron chi connectivity index (χ1n) is 5.32. The van der Waals surface area contributed by atoms with Gasteiger partial charge in [-0.3, -0.25) is 0 Å². The van der Waals surface area contributed by atoms with Crippen molar-refractivity contribution in [3.05, 3.63) is 0 Å². The van der Waals surface area contributed by atoms with Gasteiger partial charge in [-0.2, -0.15) is 0 Å². The van der Waals surface area contributed by atoms with E-state index in [1.807, 2.05) is 0 Å². The second kappa shape index (κ2) is 2.73. The van der Waals surface area contributed by atoms with Crippen LogP contribution in [0.25, 0.3) is 0 Å². The molecule has 3 atom stereocenters. The first kappa shape index (κ1) is 8.55. The molecule has 12 heavy (non-hydrogen) atoms. The second-order valence-electron chi connectivity index (χ2n) is 5.61. The molecule has 0 spiro atoms. The molecule has 0 amide bonds. The maximum Gasteiger partial charge on any atom is 0.0147 e. The number of fused-ring (bicyclic) bond motifs is 1. The lowest BCUT2D eigenvalue weighted by atomic mass is 9.78. The van der Waals surface area contributed by atoms with Crippen molar-refractivity contribution in [3.8, 4) is 0 Å². The molecule has 1 aliphatic carbocycles. The number of rotatable bonds is 0. The van der Waals surface area contributed by atoms with Gasteiger partial charge in [-0.25, -0.2) is 0 Å². The van der Waals surface area contributed by atoms with E-state index in [-0.39, 0.29) is 1.43 Å². The van der Waals surface area contributed by atoms with Crippen LogP contribution < -0.4 is 5.32 Å². The van der Waals surface area contributed by atoms with E-state index in [2.05, 4.69) is 26.1 Å². The molecule has 2 aliphatic rings. The summed E-state index contributed by atoms with van der Waals surface area (Å²) >= 11 is 0. The average Bonchev–Trinajstić information content (AvgIpc) is 2.37. The van der Waals surface area contributed by atoms with Gasteiger partial charge in [0.25, 0.3) is 0 Å². The summed E-state index contributed by atoms with van der Waals surface area (Å²) in [6, 6.07) is 0.782. The number of nitrogens with one attached hydrogen (secondary N) is 1. The van der Waals surface area contributed by atoms with Crippen molar-refractivity contribution in [1.82, 2.24) is 5.32 Å². The molecular weight excluding hydrogens is 146 g/mol. The van der Waals surface area contributed by atoms with Gasteiger partial charge in [0.05, 0.1) is 0 Å². The van der Waals surface area contributed by atoms with Crippen LogP contribution in [0.5, 0.6) is 0 Å². The van der Waals surface area contributed by atoms with Crippen LogP contribution in [0.1, 0.15) is 41.5 Å². The minimum absolute atomic E-state index is 0. The van der Waals surface area contributed by atoms with Crippen LogP contribution in [-0.2, 0) is 0 Å². The third-order valence-corrected chi connectivity index (χ3v) is 3.68. The van der Waals surface area contributed by atoms with Crippen LogP contribution in [0.3, 0.4) is 0 Å². The van der Waals surface area contributed by atoms with Gasteiger partial charge in [0, 0.05) is 7.47 Å². The molecule has 1 nitrogen and oxygen atoms in total. The van der Waals surface area contributed by atoms with E-state index in [4.69, 9.17) is 0 Å². The Morgan fingerprint density at radius 2 is 2.00 bits per heavy atom. The van der Waals surface area contributed by atoms with Gasteiger partial charge in [-0.05, 0) is 36.6 Å². The summed E-state index contributed by atoms with van der Waals surface area (Å²) < 4.78 is 0. The SMILES string of the molecule is CC(C)(C)C1NCC2CCCC21.[HH]. The Balaban J connectivity index is 0.000000845. The monoisotopic (exact) mass is 169 g/mol. The van der Waals surface area contributed by atoms with Crippen LogP contribution >= 0.6 is 0 Å². The molecule has 2 fully saturated rings. The topological polar surface area (TPSA) is 12.0 Å². The zero-order valence-electron chi connectivity index (χ0n) is 8.56. The minimum atomic E-state index is 0. The number of hydrogen-bond donors (Lipinski definition) is 1. The minimum Gasteiger partial charge on any atom is -0.313 e. The fourth-order valence-electron chi connectivity index (χ4n) is 3.14. The maximum absolute atomic E-state index is 3.70. The van der Waals surface area contributed by atoms with Crippen LogP contribution in [0, 0.1) is 17.3 Å². The van der Waals surface area contributed by atoms with Crippen molar-refractivity contribution in [2.75, 3.05) is 6.54 Å². The molecule has 3 unspecified atom stereocenters. The summed E-state index contributed by atoms with van der Waals surface area (Å²) in [5, 5.41) is 3.70. The standard InChI is InChI=1S/C11H21N.H2/c1-11(2,3)10-9-6-4-5-8(9)7-12-10;/h8-10,12H,4-7H2,1-3H3;1H. The maximum atomic E-state index is 3.70. The summed E-state index contributed by atoms with van der Waals surface area (Å²) in [5.74, 6) is 2.00. The van der Waals surface area contributed by atoms with Gasteiger partial charge in [-0.1, -0.05) is 27.2 Å². The Hall–Kier alpha value is -0.0400. The lowest BCUT2D eigenvalue weighted by Crippen LogP contribution is -2.39. The summed E-state index contributed by atoms with van der Waals surface area (Å²) in [7, 11) is 0. The summed E-state index contributed by atoms with van der Waals surface area (Å²) in [4.78, 5) is 0. The predicted molar refractivity (Wildman–Crippen MR) is 54.2 cm³/mol. The molecule has 0 bridgehead atoms. The third-order valence-electron chi connectivity index (χ3n) is 3.68. The number of hydrogen-bond acceptors (Lipinski definition) is 1. The summed E-state index contributed by atoms with van der Waals surface area (Å²) in [6.07, 6.45) is 4.42. The summed E-state index contributed by atoms with van der Waals surface area (Å²) in [5.41, 5.74) is 0.462. The molecule has 1 aliphatic heterocycles. The second-order valence-corrected chi connectivity index (χ2v) is 5.61. The highest BCUT2D eigenvalue weighted by Crippen LogP contribution is 2.43. The molecule has 1 heterocycles. The molecule has 0 aromatic rings. The van der Waals surface area contributed by atoms with E-state index < -0.39 is 0 Å². The zero-order valence-corrected chi connectivity index (χ0v) is 8.56. The Kier molecular flexibility index (Phi) is 1.95. The van der Waals surface area contributed by atoms with Crippen LogP contribution in [0.15, 0.2) is 0 Å². The van der Waals surface area contributed by atoms with E-state index in [1.165, 1.54) is 25.8 Å². The van der Waals surface area contributed by atoms with Crippen molar-refractivity contribution in [1.29, 1.82) is 0 Å². The Morgan fingerprint density at radius 1 is 1.25 bits per heavy atom. The Labute approximate surface area is 77.4 Å². The normalized spacial score (nSPS) is 41.8. The van der Waals surface area contributed by atoms with Gasteiger partial charge in [-0.15, -0.1) is 0 Å².